The molecule has 186 valence electrons. The van der Waals surface area contributed by atoms with Gasteiger partial charge < -0.3 is 10.2 Å². The van der Waals surface area contributed by atoms with Crippen molar-refractivity contribution in [1.82, 2.24) is 10.2 Å². The van der Waals surface area contributed by atoms with Crippen LogP contribution in [0.3, 0.4) is 0 Å². The van der Waals surface area contributed by atoms with Crippen molar-refractivity contribution >= 4 is 39.1 Å². The molecule has 0 saturated heterocycles. The summed E-state index contributed by atoms with van der Waals surface area (Å²) < 4.78 is 52.6. The first-order valence-corrected chi connectivity index (χ1v) is 12.9. The number of benzene rings is 2. The fraction of sp³-hybridized carbons (Fsp3) is 0.391. The molecular weight excluding hydrogens is 488 g/mol. The molecule has 2 aromatic carbocycles. The van der Waals surface area contributed by atoms with E-state index in [4.69, 9.17) is 11.6 Å². The van der Waals surface area contributed by atoms with Crippen LogP contribution in [0, 0.1) is 11.6 Å². The number of carbonyl (C=O) groups excluding carboxylic acids is 2. The lowest BCUT2D eigenvalue weighted by Gasteiger charge is -2.31. The van der Waals surface area contributed by atoms with Crippen LogP contribution in [0.5, 0.6) is 0 Å². The lowest BCUT2D eigenvalue weighted by molar-refractivity contribution is -0.139. The second-order valence-corrected chi connectivity index (χ2v) is 10.2. The minimum absolute atomic E-state index is 0.00373. The summed E-state index contributed by atoms with van der Waals surface area (Å²) in [5.41, 5.74) is 0.558. The molecule has 1 atom stereocenters. The molecule has 34 heavy (non-hydrogen) atoms. The topological polar surface area (TPSA) is 86.8 Å². The molecule has 0 radical (unpaired) electrons. The van der Waals surface area contributed by atoms with Gasteiger partial charge in [-0.3, -0.25) is 13.9 Å². The van der Waals surface area contributed by atoms with Gasteiger partial charge in [0.25, 0.3) is 0 Å². The summed E-state index contributed by atoms with van der Waals surface area (Å²) in [6, 6.07) is 7.78. The zero-order valence-electron chi connectivity index (χ0n) is 19.2. The SMILES string of the molecule is CCCCNC(=O)[C@@H](C)N(Cc1ccc(F)cc1)C(=O)CN(c1ccc(F)c(Cl)c1)S(C)(=O)=O. The number of sulfonamides is 1. The van der Waals surface area contributed by atoms with Crippen LogP contribution in [-0.2, 0) is 26.2 Å². The molecule has 2 rings (SSSR count). The molecule has 0 heterocycles. The van der Waals surface area contributed by atoms with Crippen LogP contribution in [-0.4, -0.2) is 50.5 Å². The van der Waals surface area contributed by atoms with E-state index in [-0.39, 0.29) is 17.3 Å². The van der Waals surface area contributed by atoms with Crippen LogP contribution in [0.4, 0.5) is 14.5 Å². The number of unbranched alkanes of at least 4 members (excludes halogenated alkanes) is 1. The molecule has 0 fully saturated rings. The van der Waals surface area contributed by atoms with Crippen molar-refractivity contribution in [2.45, 2.75) is 39.3 Å². The van der Waals surface area contributed by atoms with Gasteiger partial charge >= 0.3 is 0 Å². The molecule has 0 aromatic heterocycles. The van der Waals surface area contributed by atoms with E-state index in [0.29, 0.717) is 12.1 Å². The van der Waals surface area contributed by atoms with E-state index < -0.39 is 46.1 Å². The molecule has 1 N–H and O–H groups in total. The van der Waals surface area contributed by atoms with Crippen LogP contribution < -0.4 is 9.62 Å². The summed E-state index contributed by atoms with van der Waals surface area (Å²) in [7, 11) is -3.96. The lowest BCUT2D eigenvalue weighted by atomic mass is 10.1. The number of nitrogens with zero attached hydrogens (tertiary/aromatic N) is 2. The Bertz CT molecular complexity index is 1110. The van der Waals surface area contributed by atoms with Crippen molar-refractivity contribution in [3.8, 4) is 0 Å². The van der Waals surface area contributed by atoms with E-state index in [0.717, 1.165) is 35.5 Å². The van der Waals surface area contributed by atoms with Gasteiger partial charge in [-0.05, 0) is 49.2 Å². The van der Waals surface area contributed by atoms with Gasteiger partial charge in [0, 0.05) is 13.1 Å². The first-order chi connectivity index (χ1) is 15.9. The van der Waals surface area contributed by atoms with Crippen LogP contribution >= 0.6 is 11.6 Å². The Balaban J connectivity index is 2.35. The van der Waals surface area contributed by atoms with Crippen LogP contribution in [0.1, 0.15) is 32.3 Å². The third kappa shape index (κ3) is 7.66. The van der Waals surface area contributed by atoms with E-state index in [1.165, 1.54) is 42.2 Å². The zero-order chi connectivity index (χ0) is 25.5. The monoisotopic (exact) mass is 515 g/mol. The highest BCUT2D eigenvalue weighted by atomic mass is 35.5. The second-order valence-electron chi connectivity index (χ2n) is 7.84. The van der Waals surface area contributed by atoms with Gasteiger partial charge in [-0.2, -0.15) is 0 Å². The van der Waals surface area contributed by atoms with Gasteiger partial charge in [-0.25, -0.2) is 17.2 Å². The predicted molar refractivity (Wildman–Crippen MR) is 128 cm³/mol. The number of hydrogen-bond acceptors (Lipinski definition) is 4. The molecule has 0 bridgehead atoms. The van der Waals surface area contributed by atoms with E-state index in [9.17, 15) is 26.8 Å². The van der Waals surface area contributed by atoms with Crippen LogP contribution in [0.25, 0.3) is 0 Å². The number of carbonyl (C=O) groups is 2. The summed E-state index contributed by atoms with van der Waals surface area (Å²) in [6.07, 6.45) is 2.54. The number of halogens is 3. The number of nitrogens with one attached hydrogen (secondary N) is 1. The third-order valence-corrected chi connectivity index (χ3v) is 6.56. The molecular formula is C23H28ClF2N3O4S. The van der Waals surface area contributed by atoms with E-state index in [1.54, 1.807) is 0 Å². The fourth-order valence-electron chi connectivity index (χ4n) is 3.16. The Morgan fingerprint density at radius 3 is 2.32 bits per heavy atom. The molecule has 0 aliphatic heterocycles. The van der Waals surface area contributed by atoms with Gasteiger partial charge in [0.05, 0.1) is 17.0 Å². The number of hydrogen-bond donors (Lipinski definition) is 1. The van der Waals surface area contributed by atoms with Gasteiger partial charge in [-0.1, -0.05) is 37.1 Å². The fourth-order valence-corrected chi connectivity index (χ4v) is 4.18. The molecule has 0 aliphatic rings. The number of anilines is 1. The van der Waals surface area contributed by atoms with Crippen molar-refractivity contribution in [2.75, 3.05) is 23.7 Å². The molecule has 2 aromatic rings. The zero-order valence-corrected chi connectivity index (χ0v) is 20.8. The first kappa shape index (κ1) is 27.5. The quantitative estimate of drug-likeness (QED) is 0.462. The maximum Gasteiger partial charge on any atom is 0.244 e. The van der Waals surface area contributed by atoms with E-state index >= 15 is 0 Å². The summed E-state index contributed by atoms with van der Waals surface area (Å²) in [6.45, 7) is 3.24. The molecule has 11 heteroatoms. The lowest BCUT2D eigenvalue weighted by Crippen LogP contribution is -2.51. The van der Waals surface area contributed by atoms with Gasteiger partial charge in [0.2, 0.25) is 21.8 Å². The Hall–Kier alpha value is -2.72. The standard InChI is InChI=1S/C23H28ClF2N3O4S/c1-4-5-12-27-23(31)16(2)28(14-17-6-8-18(25)9-7-17)22(30)15-29(34(3,32)33)19-10-11-21(26)20(24)13-19/h6-11,13,16H,4-5,12,14-15H2,1-3H3,(H,27,31)/t16-/m1/s1. The van der Waals surface area contributed by atoms with Gasteiger partial charge in [-0.15, -0.1) is 0 Å². The largest absolute Gasteiger partial charge is 0.354 e. The summed E-state index contributed by atoms with van der Waals surface area (Å²) in [5, 5.41) is 2.46. The minimum Gasteiger partial charge on any atom is -0.354 e. The number of amides is 2. The van der Waals surface area contributed by atoms with Gasteiger partial charge in [0.15, 0.2) is 0 Å². The molecule has 0 saturated carbocycles. The maximum atomic E-state index is 13.6. The van der Waals surface area contributed by atoms with Crippen LogP contribution in [0.15, 0.2) is 42.5 Å². The molecule has 2 amide bonds. The predicted octanol–water partition coefficient (Wildman–Crippen LogP) is 3.72. The van der Waals surface area contributed by atoms with Crippen molar-refractivity contribution in [1.29, 1.82) is 0 Å². The van der Waals surface area contributed by atoms with Crippen molar-refractivity contribution in [3.63, 3.8) is 0 Å². The highest BCUT2D eigenvalue weighted by Crippen LogP contribution is 2.25. The van der Waals surface area contributed by atoms with Crippen molar-refractivity contribution in [2.24, 2.45) is 0 Å². The summed E-state index contributed by atoms with van der Waals surface area (Å²) >= 11 is 5.80. The Kier molecular flexibility index (Phi) is 9.81. The number of rotatable bonds is 11. The Morgan fingerprint density at radius 1 is 1.12 bits per heavy atom. The molecule has 7 nitrogen and oxygen atoms in total. The third-order valence-electron chi connectivity index (χ3n) is 5.13. The average molecular weight is 516 g/mol. The first-order valence-electron chi connectivity index (χ1n) is 10.7. The highest BCUT2D eigenvalue weighted by Gasteiger charge is 2.30. The van der Waals surface area contributed by atoms with Gasteiger partial charge in [0.1, 0.15) is 24.2 Å². The Labute approximate surface area is 203 Å². The van der Waals surface area contributed by atoms with Crippen molar-refractivity contribution in [3.05, 3.63) is 64.7 Å². The molecule has 0 aliphatic carbocycles. The summed E-state index contributed by atoms with van der Waals surface area (Å²) in [5.74, 6) is -2.27. The normalized spacial score (nSPS) is 12.2. The molecule has 0 spiro atoms. The van der Waals surface area contributed by atoms with E-state index in [2.05, 4.69) is 5.32 Å². The average Bonchev–Trinajstić information content (AvgIpc) is 2.77. The highest BCUT2D eigenvalue weighted by molar-refractivity contribution is 7.92. The Morgan fingerprint density at radius 2 is 1.76 bits per heavy atom. The smallest absolute Gasteiger partial charge is 0.244 e. The van der Waals surface area contributed by atoms with Crippen LogP contribution in [0.2, 0.25) is 5.02 Å². The van der Waals surface area contributed by atoms with E-state index in [1.807, 2.05) is 6.92 Å². The molecule has 0 unspecified atom stereocenters. The second kappa shape index (κ2) is 12.1. The minimum atomic E-state index is -3.96. The maximum absolute atomic E-state index is 13.6. The van der Waals surface area contributed by atoms with Crippen molar-refractivity contribution < 1.29 is 26.8 Å². The summed E-state index contributed by atoms with van der Waals surface area (Å²) in [4.78, 5) is 27.2.